The van der Waals surface area contributed by atoms with E-state index in [9.17, 15) is 9.59 Å². The number of amides is 1. The molecule has 0 saturated heterocycles. The Morgan fingerprint density at radius 2 is 2.04 bits per heavy atom. The molecule has 0 bridgehead atoms. The fourth-order valence-electron chi connectivity index (χ4n) is 2.72. The number of para-hydroxylation sites is 1. The zero-order chi connectivity index (χ0) is 16.4. The molecule has 3 rings (SSSR count). The minimum absolute atomic E-state index is 0.0120. The number of carbonyl (C=O) groups is 2. The summed E-state index contributed by atoms with van der Waals surface area (Å²) in [5.74, 6) is -1.07. The van der Waals surface area contributed by atoms with E-state index in [-0.39, 0.29) is 17.6 Å². The third-order valence-electron chi connectivity index (χ3n) is 3.88. The number of benzene rings is 1. The molecule has 1 aromatic carbocycles. The van der Waals surface area contributed by atoms with Crippen LogP contribution in [0, 0.1) is 0 Å². The molecule has 6 heteroatoms. The number of nitrogens with one attached hydrogen (secondary N) is 1. The molecular formula is C17H17NO5. The van der Waals surface area contributed by atoms with Crippen LogP contribution < -0.4 is 10.1 Å². The number of hydrogen-bond acceptors (Lipinski definition) is 4. The quantitative estimate of drug-likeness (QED) is 0.905. The zero-order valence-corrected chi connectivity index (χ0v) is 12.7. The lowest BCUT2D eigenvalue weighted by molar-refractivity contribution is 0.0659. The summed E-state index contributed by atoms with van der Waals surface area (Å²) >= 11 is 0. The molecule has 23 heavy (non-hydrogen) atoms. The summed E-state index contributed by atoms with van der Waals surface area (Å²) in [4.78, 5) is 23.1. The average molecular weight is 315 g/mol. The molecule has 120 valence electrons. The number of hydrogen-bond donors (Lipinski definition) is 2. The SMILES string of the molecule is CCc1cccc2c1OCCC2NC(=O)c1ccc(C(=O)O)o1. The Hall–Kier alpha value is -2.76. The standard InChI is InChI=1S/C17H17NO5/c1-2-10-4-3-5-11-12(8-9-22-15(10)11)18-16(19)13-6-7-14(23-13)17(20)21/h3-7,12H,2,8-9H2,1H3,(H,18,19)(H,20,21). The molecule has 0 fully saturated rings. The van der Waals surface area contributed by atoms with E-state index in [2.05, 4.69) is 12.2 Å². The summed E-state index contributed by atoms with van der Waals surface area (Å²) in [6.07, 6.45) is 1.50. The maximum atomic E-state index is 12.3. The second-order valence-corrected chi connectivity index (χ2v) is 5.32. The second kappa shape index (κ2) is 6.16. The van der Waals surface area contributed by atoms with Gasteiger partial charge in [-0.3, -0.25) is 4.79 Å². The number of fused-ring (bicyclic) bond motifs is 1. The number of aryl methyl sites for hydroxylation is 1. The van der Waals surface area contributed by atoms with Gasteiger partial charge in [0.15, 0.2) is 5.76 Å². The summed E-state index contributed by atoms with van der Waals surface area (Å²) < 4.78 is 10.8. The fraction of sp³-hybridized carbons (Fsp3) is 0.294. The van der Waals surface area contributed by atoms with E-state index in [1.54, 1.807) is 0 Å². The monoisotopic (exact) mass is 315 g/mol. The number of carboxylic acids is 1. The Labute approximate surface area is 133 Å². The van der Waals surface area contributed by atoms with Gasteiger partial charge in [0.05, 0.1) is 12.6 Å². The van der Waals surface area contributed by atoms with Crippen LogP contribution in [0.25, 0.3) is 0 Å². The van der Waals surface area contributed by atoms with Gasteiger partial charge in [0.1, 0.15) is 5.75 Å². The van der Waals surface area contributed by atoms with Crippen LogP contribution in [0.15, 0.2) is 34.7 Å². The molecule has 1 atom stereocenters. The van der Waals surface area contributed by atoms with E-state index < -0.39 is 11.9 Å². The van der Waals surface area contributed by atoms with Gasteiger partial charge in [-0.1, -0.05) is 25.1 Å². The molecule has 2 aromatic rings. The molecule has 0 spiro atoms. The van der Waals surface area contributed by atoms with Crippen molar-refractivity contribution in [3.05, 3.63) is 53.0 Å². The van der Waals surface area contributed by atoms with Gasteiger partial charge < -0.3 is 19.6 Å². The van der Waals surface area contributed by atoms with Crippen molar-refractivity contribution >= 4 is 11.9 Å². The smallest absolute Gasteiger partial charge is 0.371 e. The predicted molar refractivity (Wildman–Crippen MR) is 81.8 cm³/mol. The number of carbonyl (C=O) groups excluding carboxylic acids is 1. The van der Waals surface area contributed by atoms with Gasteiger partial charge in [-0.2, -0.15) is 0 Å². The van der Waals surface area contributed by atoms with Gasteiger partial charge in [0, 0.05) is 12.0 Å². The largest absolute Gasteiger partial charge is 0.493 e. The van der Waals surface area contributed by atoms with Crippen LogP contribution >= 0.6 is 0 Å². The summed E-state index contributed by atoms with van der Waals surface area (Å²) in [5, 5.41) is 11.7. The van der Waals surface area contributed by atoms with Crippen LogP contribution in [0.1, 0.15) is 51.6 Å². The first-order valence-electron chi connectivity index (χ1n) is 7.48. The van der Waals surface area contributed by atoms with Crippen LogP contribution in [0.3, 0.4) is 0 Å². The minimum atomic E-state index is -1.20. The van der Waals surface area contributed by atoms with E-state index in [1.807, 2.05) is 18.2 Å². The predicted octanol–water partition coefficient (Wildman–Crippen LogP) is 2.79. The number of furan rings is 1. The van der Waals surface area contributed by atoms with Gasteiger partial charge >= 0.3 is 5.97 Å². The van der Waals surface area contributed by atoms with Crippen molar-refractivity contribution in [2.24, 2.45) is 0 Å². The molecule has 0 radical (unpaired) electrons. The van der Waals surface area contributed by atoms with Crippen LogP contribution in [0.4, 0.5) is 0 Å². The molecule has 2 N–H and O–H groups in total. The Morgan fingerprint density at radius 3 is 2.74 bits per heavy atom. The molecule has 2 heterocycles. The zero-order valence-electron chi connectivity index (χ0n) is 12.7. The van der Waals surface area contributed by atoms with Gasteiger partial charge in [0.2, 0.25) is 5.76 Å². The van der Waals surface area contributed by atoms with E-state index >= 15 is 0 Å². The van der Waals surface area contributed by atoms with Gasteiger partial charge in [-0.15, -0.1) is 0 Å². The second-order valence-electron chi connectivity index (χ2n) is 5.32. The highest BCUT2D eigenvalue weighted by atomic mass is 16.5. The summed E-state index contributed by atoms with van der Waals surface area (Å²) in [5.41, 5.74) is 2.04. The van der Waals surface area contributed by atoms with Gasteiger partial charge in [-0.05, 0) is 24.1 Å². The number of carboxylic acid groups (broad SMARTS) is 1. The van der Waals surface area contributed by atoms with Crippen LogP contribution in [0.5, 0.6) is 5.75 Å². The molecule has 0 aliphatic carbocycles. The van der Waals surface area contributed by atoms with Gasteiger partial charge in [-0.25, -0.2) is 4.79 Å². The van der Waals surface area contributed by atoms with Gasteiger partial charge in [0.25, 0.3) is 5.91 Å². The highest BCUT2D eigenvalue weighted by Gasteiger charge is 2.26. The Balaban J connectivity index is 1.81. The minimum Gasteiger partial charge on any atom is -0.493 e. The van der Waals surface area contributed by atoms with E-state index in [0.29, 0.717) is 13.0 Å². The Morgan fingerprint density at radius 1 is 1.26 bits per heavy atom. The lowest BCUT2D eigenvalue weighted by Crippen LogP contribution is -2.32. The molecular weight excluding hydrogens is 298 g/mol. The summed E-state index contributed by atoms with van der Waals surface area (Å²) in [6.45, 7) is 2.57. The average Bonchev–Trinajstić information content (AvgIpc) is 3.05. The lowest BCUT2D eigenvalue weighted by atomic mass is 9.96. The van der Waals surface area contributed by atoms with Crippen LogP contribution in [-0.4, -0.2) is 23.6 Å². The Kier molecular flexibility index (Phi) is 4.06. The maximum Gasteiger partial charge on any atom is 0.371 e. The summed E-state index contributed by atoms with van der Waals surface area (Å²) in [6, 6.07) is 8.33. The maximum absolute atomic E-state index is 12.3. The third kappa shape index (κ3) is 2.92. The molecule has 1 aromatic heterocycles. The normalized spacial score (nSPS) is 16.3. The topological polar surface area (TPSA) is 88.8 Å². The number of rotatable bonds is 4. The van der Waals surface area contributed by atoms with Crippen LogP contribution in [0.2, 0.25) is 0 Å². The van der Waals surface area contributed by atoms with Crippen molar-refractivity contribution in [2.75, 3.05) is 6.61 Å². The fourth-order valence-corrected chi connectivity index (χ4v) is 2.72. The van der Waals surface area contributed by atoms with Crippen LogP contribution in [-0.2, 0) is 6.42 Å². The van der Waals surface area contributed by atoms with Crippen molar-refractivity contribution < 1.29 is 23.8 Å². The van der Waals surface area contributed by atoms with Crippen molar-refractivity contribution in [3.63, 3.8) is 0 Å². The molecule has 1 amide bonds. The molecule has 6 nitrogen and oxygen atoms in total. The number of ether oxygens (including phenoxy) is 1. The Bertz CT molecular complexity index is 749. The van der Waals surface area contributed by atoms with E-state index in [1.165, 1.54) is 12.1 Å². The van der Waals surface area contributed by atoms with E-state index in [4.69, 9.17) is 14.3 Å². The van der Waals surface area contributed by atoms with Crippen molar-refractivity contribution in [1.82, 2.24) is 5.32 Å². The lowest BCUT2D eigenvalue weighted by Gasteiger charge is -2.28. The molecule has 0 saturated carbocycles. The molecule has 1 aliphatic heterocycles. The third-order valence-corrected chi connectivity index (χ3v) is 3.88. The first kappa shape index (κ1) is 15.1. The highest BCUT2D eigenvalue weighted by molar-refractivity contribution is 5.93. The number of aromatic carboxylic acids is 1. The summed E-state index contributed by atoms with van der Waals surface area (Å²) in [7, 11) is 0. The van der Waals surface area contributed by atoms with Crippen molar-refractivity contribution in [3.8, 4) is 5.75 Å². The van der Waals surface area contributed by atoms with Crippen molar-refractivity contribution in [1.29, 1.82) is 0 Å². The van der Waals surface area contributed by atoms with Crippen molar-refractivity contribution in [2.45, 2.75) is 25.8 Å². The highest BCUT2D eigenvalue weighted by Crippen LogP contribution is 2.35. The molecule has 1 unspecified atom stereocenters. The molecule has 1 aliphatic rings. The first-order chi connectivity index (χ1) is 11.1. The van der Waals surface area contributed by atoms with E-state index in [0.717, 1.165) is 23.3 Å². The first-order valence-corrected chi connectivity index (χ1v) is 7.48.